The normalized spacial score (nSPS) is 17.9. The molecule has 7 atom stereocenters. The van der Waals surface area contributed by atoms with E-state index in [2.05, 4.69) is 43.5 Å². The molecule has 6 N–H and O–H groups in total. The number of carbonyl (C=O) groups is 2. The Morgan fingerprint density at radius 2 is 0.730 bits per heavy atom. The molecule has 1 aliphatic rings. The minimum absolute atomic E-state index is 0.0181. The highest BCUT2D eigenvalue weighted by atomic mass is 16.7. The van der Waals surface area contributed by atoms with Gasteiger partial charge in [0.25, 0.3) is 0 Å². The molecule has 11 nitrogen and oxygen atoms in total. The van der Waals surface area contributed by atoms with E-state index in [9.17, 15) is 35.1 Å². The predicted molar refractivity (Wildman–Crippen MR) is 375 cm³/mol. The van der Waals surface area contributed by atoms with Crippen LogP contribution in [0.5, 0.6) is 0 Å². The minimum atomic E-state index is -1.58. The lowest BCUT2D eigenvalue weighted by atomic mass is 9.99. The molecule has 524 valence electrons. The van der Waals surface area contributed by atoms with Gasteiger partial charge in [-0.3, -0.25) is 9.59 Å². The number of amides is 1. The summed E-state index contributed by atoms with van der Waals surface area (Å²) in [6.45, 7) is 4.32. The van der Waals surface area contributed by atoms with E-state index in [4.69, 9.17) is 14.2 Å². The van der Waals surface area contributed by atoms with Gasteiger partial charge in [-0.2, -0.15) is 0 Å². The van der Waals surface area contributed by atoms with E-state index in [1.807, 2.05) is 6.08 Å². The first kappa shape index (κ1) is 84.9. The quantitative estimate of drug-likeness (QED) is 0.0195. The van der Waals surface area contributed by atoms with Gasteiger partial charge in [0.1, 0.15) is 24.4 Å². The summed E-state index contributed by atoms with van der Waals surface area (Å²) in [7, 11) is 0. The van der Waals surface area contributed by atoms with Crippen LogP contribution in [0.2, 0.25) is 0 Å². The average Bonchev–Trinajstić information content (AvgIpc) is 2.35. The molecular weight excluding hydrogens is 1110 g/mol. The molecule has 7 unspecified atom stereocenters. The van der Waals surface area contributed by atoms with Gasteiger partial charge in [0.2, 0.25) is 5.91 Å². The zero-order valence-corrected chi connectivity index (χ0v) is 58.4. The third-order valence-electron chi connectivity index (χ3n) is 18.5. The van der Waals surface area contributed by atoms with E-state index in [1.165, 1.54) is 295 Å². The van der Waals surface area contributed by atoms with Crippen molar-refractivity contribution in [3.05, 3.63) is 36.5 Å². The number of rotatable bonds is 69. The highest BCUT2D eigenvalue weighted by Gasteiger charge is 2.44. The summed E-state index contributed by atoms with van der Waals surface area (Å²) in [5, 5.41) is 54.4. The molecule has 1 fully saturated rings. The van der Waals surface area contributed by atoms with Crippen LogP contribution in [0, 0.1) is 0 Å². The van der Waals surface area contributed by atoms with E-state index in [1.54, 1.807) is 6.08 Å². The third kappa shape index (κ3) is 56.0. The average molecular weight is 1260 g/mol. The molecule has 1 saturated heterocycles. The number of aliphatic hydroxyl groups excluding tert-OH is 5. The van der Waals surface area contributed by atoms with Crippen LogP contribution in [0.3, 0.4) is 0 Å². The Morgan fingerprint density at radius 3 is 1.10 bits per heavy atom. The summed E-state index contributed by atoms with van der Waals surface area (Å²) < 4.78 is 16.7. The van der Waals surface area contributed by atoms with Crippen LogP contribution in [0.4, 0.5) is 0 Å². The lowest BCUT2D eigenvalue weighted by Crippen LogP contribution is -2.60. The molecule has 1 amide bonds. The fourth-order valence-electron chi connectivity index (χ4n) is 12.4. The second-order valence-corrected chi connectivity index (χ2v) is 27.1. The molecule has 1 aliphatic heterocycles. The molecule has 0 aromatic rings. The summed E-state index contributed by atoms with van der Waals surface area (Å²) in [5.74, 6) is -0.172. The molecule has 0 saturated carbocycles. The zero-order valence-electron chi connectivity index (χ0n) is 58.4. The van der Waals surface area contributed by atoms with Crippen molar-refractivity contribution < 1.29 is 49.3 Å². The largest absolute Gasteiger partial charge is 0.466 e. The van der Waals surface area contributed by atoms with Crippen molar-refractivity contribution in [2.24, 2.45) is 0 Å². The van der Waals surface area contributed by atoms with Crippen LogP contribution < -0.4 is 5.32 Å². The number of allylic oxidation sites excluding steroid dienone is 5. The SMILES string of the molecule is CCCC/C=C/CC/C=C/CC/C=C/C(O)C(COC1OC(CO)C(O)C(O)C1O)NC(=O)CCCCCCCCCCCCCCCCCCCCCCCCCCCCCCCCCCCCCCCOC(=O)CCCCCCCCCCCCCC. The fraction of sp³-hybridized carbons (Fsp3) is 0.897. The lowest BCUT2D eigenvalue weighted by molar-refractivity contribution is -0.302. The molecule has 0 aromatic heterocycles. The lowest BCUT2D eigenvalue weighted by Gasteiger charge is -2.40. The molecule has 0 radical (unpaired) electrons. The van der Waals surface area contributed by atoms with Crippen molar-refractivity contribution >= 4 is 11.9 Å². The first-order chi connectivity index (χ1) is 43.7. The van der Waals surface area contributed by atoms with Crippen molar-refractivity contribution in [2.75, 3.05) is 19.8 Å². The van der Waals surface area contributed by atoms with Crippen LogP contribution in [0.25, 0.3) is 0 Å². The molecular formula is C78H147NO10. The van der Waals surface area contributed by atoms with Gasteiger partial charge in [-0.05, 0) is 51.4 Å². The molecule has 11 heteroatoms. The standard InChI is InChI=1S/C78H147NO10/c1-3-5-7-9-11-13-15-44-48-52-56-60-64-71(81)70(69-88-78-77(86)76(85)75(84)72(68-80)89-78)79-73(82)65-61-57-53-49-45-42-40-38-36-34-32-30-28-26-24-22-20-18-17-19-21-23-25-27-29-31-33-35-37-39-41-43-47-51-55-59-63-67-87-74(83)66-62-58-54-50-46-16-14-12-10-8-6-4-2/h9,11,44,48,60,64,70-72,75-78,80-81,84-86H,3-8,10,12-43,45-47,49-59,61-63,65-69H2,1-2H3,(H,79,82)/b11-9+,48-44+,64-60+. The maximum absolute atomic E-state index is 13.1. The molecule has 0 aliphatic carbocycles. The summed E-state index contributed by atoms with van der Waals surface area (Å²) in [4.78, 5) is 25.1. The molecule has 89 heavy (non-hydrogen) atoms. The highest BCUT2D eigenvalue weighted by Crippen LogP contribution is 2.24. The van der Waals surface area contributed by atoms with Crippen molar-refractivity contribution in [2.45, 2.75) is 429 Å². The Kier molecular flexibility index (Phi) is 64.2. The Balaban J connectivity index is 1.89. The van der Waals surface area contributed by atoms with E-state index >= 15 is 0 Å². The van der Waals surface area contributed by atoms with Crippen LogP contribution in [-0.4, -0.2) is 100 Å². The molecule has 0 spiro atoms. The monoisotopic (exact) mass is 1260 g/mol. The third-order valence-corrected chi connectivity index (χ3v) is 18.5. The van der Waals surface area contributed by atoms with E-state index in [0.717, 1.165) is 64.2 Å². The number of hydrogen-bond acceptors (Lipinski definition) is 10. The predicted octanol–water partition coefficient (Wildman–Crippen LogP) is 20.5. The fourth-order valence-corrected chi connectivity index (χ4v) is 12.4. The topological polar surface area (TPSA) is 175 Å². The zero-order chi connectivity index (χ0) is 64.4. The van der Waals surface area contributed by atoms with Gasteiger partial charge in [-0.1, -0.05) is 359 Å². The Hall–Kier alpha value is -2.12. The van der Waals surface area contributed by atoms with Gasteiger partial charge >= 0.3 is 5.97 Å². The van der Waals surface area contributed by atoms with Gasteiger partial charge in [-0.25, -0.2) is 0 Å². The van der Waals surface area contributed by atoms with E-state index in [-0.39, 0.29) is 18.5 Å². The van der Waals surface area contributed by atoms with Crippen molar-refractivity contribution in [1.29, 1.82) is 0 Å². The summed E-state index contributed by atoms with van der Waals surface area (Å²) in [5.41, 5.74) is 0. The van der Waals surface area contributed by atoms with Gasteiger partial charge in [0, 0.05) is 12.8 Å². The Morgan fingerprint density at radius 1 is 0.404 bits per heavy atom. The maximum Gasteiger partial charge on any atom is 0.305 e. The summed E-state index contributed by atoms with van der Waals surface area (Å²) in [6, 6.07) is -0.830. The number of nitrogens with one attached hydrogen (secondary N) is 1. The summed E-state index contributed by atoms with van der Waals surface area (Å²) >= 11 is 0. The Labute approximate surface area is 549 Å². The van der Waals surface area contributed by atoms with Gasteiger partial charge in [0.05, 0.1) is 32.0 Å². The number of ether oxygens (including phenoxy) is 3. The van der Waals surface area contributed by atoms with Gasteiger partial charge in [-0.15, -0.1) is 0 Å². The highest BCUT2D eigenvalue weighted by molar-refractivity contribution is 5.76. The number of hydrogen-bond donors (Lipinski definition) is 6. The Bertz CT molecular complexity index is 1570. The number of unbranched alkanes of at least 4 members (excludes halogenated alkanes) is 51. The van der Waals surface area contributed by atoms with Crippen LogP contribution in [0.1, 0.15) is 386 Å². The van der Waals surface area contributed by atoms with E-state index < -0.39 is 49.5 Å². The van der Waals surface area contributed by atoms with Crippen LogP contribution >= 0.6 is 0 Å². The maximum atomic E-state index is 13.1. The van der Waals surface area contributed by atoms with E-state index in [0.29, 0.717) is 19.4 Å². The van der Waals surface area contributed by atoms with Gasteiger partial charge in [0.15, 0.2) is 6.29 Å². The molecule has 0 bridgehead atoms. The molecule has 1 rings (SSSR count). The first-order valence-electron chi connectivity index (χ1n) is 38.8. The first-order valence-corrected chi connectivity index (χ1v) is 38.8. The number of aliphatic hydroxyl groups is 5. The molecule has 1 heterocycles. The van der Waals surface area contributed by atoms with Crippen molar-refractivity contribution in [3.63, 3.8) is 0 Å². The number of esters is 1. The summed E-state index contributed by atoms with van der Waals surface area (Å²) in [6.07, 6.45) is 77.6. The molecule has 0 aromatic carbocycles. The smallest absolute Gasteiger partial charge is 0.305 e. The minimum Gasteiger partial charge on any atom is -0.466 e. The van der Waals surface area contributed by atoms with Crippen LogP contribution in [-0.2, 0) is 23.8 Å². The second-order valence-electron chi connectivity index (χ2n) is 27.1. The van der Waals surface area contributed by atoms with Crippen LogP contribution in [0.15, 0.2) is 36.5 Å². The number of carbonyl (C=O) groups excluding carboxylic acids is 2. The van der Waals surface area contributed by atoms with Crippen molar-refractivity contribution in [1.82, 2.24) is 5.32 Å². The van der Waals surface area contributed by atoms with Crippen molar-refractivity contribution in [3.8, 4) is 0 Å². The second kappa shape index (κ2) is 67.3. The van der Waals surface area contributed by atoms with Gasteiger partial charge < -0.3 is 45.1 Å².